The van der Waals surface area contributed by atoms with E-state index in [1.165, 1.54) is 7.11 Å². The van der Waals surface area contributed by atoms with Crippen molar-refractivity contribution >= 4 is 17.7 Å². The summed E-state index contributed by atoms with van der Waals surface area (Å²) < 4.78 is 4.52. The normalized spacial score (nSPS) is 41.0. The van der Waals surface area contributed by atoms with Crippen LogP contribution in [0.1, 0.15) is 6.42 Å². The van der Waals surface area contributed by atoms with Crippen molar-refractivity contribution in [1.82, 2.24) is 5.32 Å². The van der Waals surface area contributed by atoms with Gasteiger partial charge in [-0.3, -0.25) is 4.79 Å². The van der Waals surface area contributed by atoms with E-state index >= 15 is 0 Å². The Morgan fingerprint density at radius 3 is 3.00 bits per heavy atom. The predicted molar refractivity (Wildman–Crippen MR) is 43.6 cm³/mol. The minimum absolute atomic E-state index is 0.0602. The number of nitrogens with one attached hydrogen (secondary N) is 1. The fourth-order valence-electron chi connectivity index (χ4n) is 1.74. The molecule has 3 nitrogen and oxygen atoms in total. The van der Waals surface area contributed by atoms with Crippen molar-refractivity contribution in [3.8, 4) is 0 Å². The highest BCUT2D eigenvalue weighted by Gasteiger charge is 2.51. The van der Waals surface area contributed by atoms with Gasteiger partial charge in [-0.1, -0.05) is 0 Å². The third-order valence-corrected chi connectivity index (χ3v) is 3.97. The van der Waals surface area contributed by atoms with E-state index < -0.39 is 0 Å². The predicted octanol–water partition coefficient (Wildman–Crippen LogP) is 0.00690. The Kier molecular flexibility index (Phi) is 1.61. The molecular weight excluding hydrogens is 162 g/mol. The van der Waals surface area contributed by atoms with Gasteiger partial charge in [-0.25, -0.2) is 0 Å². The van der Waals surface area contributed by atoms with Crippen molar-refractivity contribution < 1.29 is 9.53 Å². The lowest BCUT2D eigenvalue weighted by Crippen LogP contribution is -2.40. The van der Waals surface area contributed by atoms with Crippen molar-refractivity contribution in [1.29, 1.82) is 0 Å². The molecule has 0 aromatic carbocycles. The minimum atomic E-state index is -0.237. The third-order valence-electron chi connectivity index (χ3n) is 2.37. The molecule has 62 valence electrons. The molecule has 2 rings (SSSR count). The highest BCUT2D eigenvalue weighted by atomic mass is 32.2. The van der Waals surface area contributed by atoms with Crippen LogP contribution in [0.2, 0.25) is 0 Å². The van der Waals surface area contributed by atoms with E-state index in [2.05, 4.69) is 5.32 Å². The van der Waals surface area contributed by atoms with E-state index in [4.69, 9.17) is 4.74 Å². The van der Waals surface area contributed by atoms with Crippen LogP contribution >= 0.6 is 11.8 Å². The van der Waals surface area contributed by atoms with Gasteiger partial charge in [0.1, 0.15) is 4.75 Å². The number of carbonyl (C=O) groups is 1. The first-order valence-corrected chi connectivity index (χ1v) is 4.71. The van der Waals surface area contributed by atoms with Gasteiger partial charge in [0.25, 0.3) is 0 Å². The van der Waals surface area contributed by atoms with Gasteiger partial charge in [0.15, 0.2) is 0 Å². The number of methoxy groups -OCH3 is 1. The first kappa shape index (κ1) is 7.43. The number of esters is 1. The number of carbonyl (C=O) groups excluding carboxylic acids is 1. The number of fused-ring (bicyclic) bond motifs is 2. The van der Waals surface area contributed by atoms with Crippen LogP contribution in [-0.4, -0.2) is 36.2 Å². The summed E-state index contributed by atoms with van der Waals surface area (Å²) in [5.74, 6) is 0.991. The molecule has 0 aromatic rings. The van der Waals surface area contributed by atoms with Crippen molar-refractivity contribution in [3.63, 3.8) is 0 Å². The molecule has 0 saturated carbocycles. The Hall–Kier alpha value is -0.220. The van der Waals surface area contributed by atoms with Crippen molar-refractivity contribution in [2.24, 2.45) is 0 Å². The first-order chi connectivity index (χ1) is 5.27. The summed E-state index contributed by atoms with van der Waals surface area (Å²) in [5.41, 5.74) is 0. The largest absolute Gasteiger partial charge is 0.468 e. The van der Waals surface area contributed by atoms with Crippen LogP contribution in [-0.2, 0) is 9.53 Å². The van der Waals surface area contributed by atoms with Crippen LogP contribution in [0.5, 0.6) is 0 Å². The number of hydrogen-bond donors (Lipinski definition) is 1. The van der Waals surface area contributed by atoms with E-state index in [1.807, 2.05) is 0 Å². The lowest BCUT2D eigenvalue weighted by atomic mass is 10.1. The molecule has 0 radical (unpaired) electrons. The number of hydrogen-bond acceptors (Lipinski definition) is 4. The summed E-state index contributed by atoms with van der Waals surface area (Å²) in [7, 11) is 1.46. The van der Waals surface area contributed by atoms with Gasteiger partial charge in [0, 0.05) is 18.3 Å². The molecule has 0 spiro atoms. The summed E-state index contributed by atoms with van der Waals surface area (Å²) in [6.07, 6.45) is 0.949. The fourth-order valence-corrected chi connectivity index (χ4v) is 3.20. The monoisotopic (exact) mass is 173 g/mol. The Morgan fingerprint density at radius 1 is 1.82 bits per heavy atom. The van der Waals surface area contributed by atoms with Crippen molar-refractivity contribution in [3.05, 3.63) is 0 Å². The molecule has 2 bridgehead atoms. The zero-order valence-electron chi connectivity index (χ0n) is 6.42. The van der Waals surface area contributed by atoms with Gasteiger partial charge in [0.05, 0.1) is 7.11 Å². The Bertz CT molecular complexity index is 187. The van der Waals surface area contributed by atoms with E-state index in [-0.39, 0.29) is 10.7 Å². The second-order valence-corrected chi connectivity index (χ2v) is 4.48. The molecule has 11 heavy (non-hydrogen) atoms. The smallest absolute Gasteiger partial charge is 0.323 e. The molecule has 0 unspecified atom stereocenters. The minimum Gasteiger partial charge on any atom is -0.468 e. The maximum absolute atomic E-state index is 11.3. The van der Waals surface area contributed by atoms with Crippen molar-refractivity contribution in [2.45, 2.75) is 17.2 Å². The Balaban J connectivity index is 2.16. The average molecular weight is 173 g/mol. The van der Waals surface area contributed by atoms with Crippen LogP contribution in [0.15, 0.2) is 0 Å². The number of ether oxygens (including phenoxy) is 1. The summed E-state index contributed by atoms with van der Waals surface area (Å²) in [4.78, 5) is 11.3. The van der Waals surface area contributed by atoms with Crippen LogP contribution in [0.4, 0.5) is 0 Å². The molecule has 2 aliphatic rings. The van der Waals surface area contributed by atoms with Gasteiger partial charge in [-0.05, 0) is 6.42 Å². The molecule has 4 heteroatoms. The molecule has 2 atom stereocenters. The molecule has 2 saturated heterocycles. The summed E-state index contributed by atoms with van der Waals surface area (Å²) >= 11 is 1.74. The van der Waals surface area contributed by atoms with Crippen LogP contribution < -0.4 is 5.32 Å². The Labute approximate surface area is 69.9 Å². The molecular formula is C7H11NO2S. The topological polar surface area (TPSA) is 38.3 Å². The standard InChI is InChI=1S/C7H11NO2S/c1-10-6(9)7-2-5(3-11-7)8-4-7/h5,8H,2-4H2,1H3/t5-,7-/m0/s1. The van der Waals surface area contributed by atoms with Crippen LogP contribution in [0.3, 0.4) is 0 Å². The van der Waals surface area contributed by atoms with Gasteiger partial charge in [0.2, 0.25) is 0 Å². The zero-order valence-corrected chi connectivity index (χ0v) is 7.24. The highest BCUT2D eigenvalue weighted by Crippen LogP contribution is 2.43. The zero-order chi connectivity index (χ0) is 7.90. The van der Waals surface area contributed by atoms with Gasteiger partial charge >= 0.3 is 5.97 Å². The second kappa shape index (κ2) is 2.38. The maximum atomic E-state index is 11.3. The third kappa shape index (κ3) is 0.964. The van der Waals surface area contributed by atoms with Gasteiger partial charge in [-0.15, -0.1) is 11.8 Å². The average Bonchev–Trinajstić information content (AvgIpc) is 2.62. The van der Waals surface area contributed by atoms with Crippen LogP contribution in [0.25, 0.3) is 0 Å². The summed E-state index contributed by atoms with van der Waals surface area (Å²) in [6, 6.07) is 0.541. The quantitative estimate of drug-likeness (QED) is 0.567. The van der Waals surface area contributed by atoms with E-state index in [9.17, 15) is 4.79 Å². The molecule has 2 heterocycles. The molecule has 0 aromatic heterocycles. The van der Waals surface area contributed by atoms with E-state index in [0.29, 0.717) is 6.04 Å². The molecule has 2 fully saturated rings. The van der Waals surface area contributed by atoms with Gasteiger partial charge in [-0.2, -0.15) is 0 Å². The van der Waals surface area contributed by atoms with E-state index in [1.54, 1.807) is 11.8 Å². The lowest BCUT2D eigenvalue weighted by molar-refractivity contribution is -0.142. The highest BCUT2D eigenvalue weighted by molar-refractivity contribution is 8.01. The van der Waals surface area contributed by atoms with Crippen molar-refractivity contribution in [2.75, 3.05) is 19.4 Å². The van der Waals surface area contributed by atoms with Crippen LogP contribution in [0, 0.1) is 0 Å². The Morgan fingerprint density at radius 2 is 2.64 bits per heavy atom. The maximum Gasteiger partial charge on any atom is 0.323 e. The lowest BCUT2D eigenvalue weighted by Gasteiger charge is -2.21. The number of rotatable bonds is 1. The molecule has 0 aliphatic carbocycles. The van der Waals surface area contributed by atoms with Gasteiger partial charge < -0.3 is 10.1 Å². The first-order valence-electron chi connectivity index (χ1n) is 3.73. The number of thioether (sulfide) groups is 1. The fraction of sp³-hybridized carbons (Fsp3) is 0.857. The molecule has 0 amide bonds. The second-order valence-electron chi connectivity index (χ2n) is 3.08. The summed E-state index contributed by atoms with van der Waals surface area (Å²) in [5, 5.41) is 3.29. The molecule has 2 aliphatic heterocycles. The SMILES string of the molecule is COC(=O)[C@]12CN[C@H](CS1)C2. The van der Waals surface area contributed by atoms with E-state index in [0.717, 1.165) is 18.7 Å². The summed E-state index contributed by atoms with van der Waals surface area (Å²) in [6.45, 7) is 0.787. The molecule has 1 N–H and O–H groups in total.